The summed E-state index contributed by atoms with van der Waals surface area (Å²) >= 11 is 6.16. The molecule has 0 aliphatic carbocycles. The minimum Gasteiger partial charge on any atom is -0.451 e. The molecule has 0 fully saturated rings. The summed E-state index contributed by atoms with van der Waals surface area (Å²) < 4.78 is 7.05. The van der Waals surface area contributed by atoms with E-state index in [1.165, 1.54) is 11.8 Å². The Morgan fingerprint density at radius 2 is 1.86 bits per heavy atom. The summed E-state index contributed by atoms with van der Waals surface area (Å²) in [6, 6.07) is 6.84. The van der Waals surface area contributed by atoms with Gasteiger partial charge in [0.05, 0.1) is 18.2 Å². The Hall–Kier alpha value is -2.21. The summed E-state index contributed by atoms with van der Waals surface area (Å²) in [6.45, 7) is 5.39. The van der Waals surface area contributed by atoms with E-state index in [1.807, 2.05) is 0 Å². The lowest BCUT2D eigenvalue weighted by Crippen LogP contribution is -2.39. The van der Waals surface area contributed by atoms with E-state index >= 15 is 0 Å². The van der Waals surface area contributed by atoms with Gasteiger partial charge < -0.3 is 10.5 Å². The van der Waals surface area contributed by atoms with Gasteiger partial charge in [0.1, 0.15) is 5.82 Å². The van der Waals surface area contributed by atoms with E-state index in [9.17, 15) is 9.59 Å². The fourth-order valence-electron chi connectivity index (χ4n) is 2.31. The monoisotopic (exact) mass is 323 g/mol. The molecule has 118 valence electrons. The van der Waals surface area contributed by atoms with Crippen molar-refractivity contribution in [2.24, 2.45) is 0 Å². The van der Waals surface area contributed by atoms with Gasteiger partial charge in [-0.2, -0.15) is 4.68 Å². The van der Waals surface area contributed by atoms with E-state index in [1.54, 1.807) is 45.0 Å². The summed E-state index contributed by atoms with van der Waals surface area (Å²) in [4.78, 5) is 24.9. The lowest BCUT2D eigenvalue weighted by Gasteiger charge is -2.23. The highest BCUT2D eigenvalue weighted by atomic mass is 35.5. The van der Waals surface area contributed by atoms with Gasteiger partial charge in [0.15, 0.2) is 0 Å². The second-order valence-corrected chi connectivity index (χ2v) is 6.22. The van der Waals surface area contributed by atoms with Gasteiger partial charge >= 0.3 is 6.09 Å². The smallest absolute Gasteiger partial charge is 0.434 e. The van der Waals surface area contributed by atoms with Crippen molar-refractivity contribution in [3.8, 4) is 11.1 Å². The number of nitrogens with zero attached hydrogens (tertiary/aromatic N) is 2. The number of rotatable bonds is 1. The first-order chi connectivity index (χ1) is 10.2. The molecule has 0 radical (unpaired) electrons. The van der Waals surface area contributed by atoms with Gasteiger partial charge in [-0.1, -0.05) is 29.8 Å². The van der Waals surface area contributed by atoms with Crippen LogP contribution in [0, 0.1) is 0 Å². The van der Waals surface area contributed by atoms with Crippen molar-refractivity contribution in [1.82, 2.24) is 9.36 Å². The van der Waals surface area contributed by atoms with Gasteiger partial charge in [-0.25, -0.2) is 9.48 Å². The number of nitrogens with two attached hydrogens (primary N) is 1. The SMILES string of the molecule is COC(=O)n1c(N)c(-c2ccccc2Cl)c(=O)n1C(C)(C)C. The summed E-state index contributed by atoms with van der Waals surface area (Å²) in [5, 5.41) is 0.384. The van der Waals surface area contributed by atoms with Crippen LogP contribution in [0.4, 0.5) is 10.6 Å². The van der Waals surface area contributed by atoms with Crippen LogP contribution in [0.3, 0.4) is 0 Å². The number of halogens is 1. The van der Waals surface area contributed by atoms with Crippen LogP contribution in [0.25, 0.3) is 11.1 Å². The summed E-state index contributed by atoms with van der Waals surface area (Å²) in [5.41, 5.74) is 5.66. The lowest BCUT2D eigenvalue weighted by atomic mass is 10.1. The summed E-state index contributed by atoms with van der Waals surface area (Å²) in [7, 11) is 1.23. The van der Waals surface area contributed by atoms with E-state index < -0.39 is 17.2 Å². The molecule has 0 saturated heterocycles. The molecule has 1 heterocycles. The molecule has 0 bridgehead atoms. The van der Waals surface area contributed by atoms with Gasteiger partial charge in [-0.05, 0) is 26.8 Å². The average Bonchev–Trinajstić information content (AvgIpc) is 2.70. The van der Waals surface area contributed by atoms with Crippen LogP contribution in [0.2, 0.25) is 5.02 Å². The highest BCUT2D eigenvalue weighted by Gasteiger charge is 2.30. The Bertz CT molecular complexity index is 784. The molecule has 22 heavy (non-hydrogen) atoms. The number of aromatic nitrogens is 2. The number of benzene rings is 1. The molecule has 0 aliphatic rings. The molecule has 1 aromatic carbocycles. The van der Waals surface area contributed by atoms with Crippen LogP contribution < -0.4 is 11.3 Å². The van der Waals surface area contributed by atoms with Crippen molar-refractivity contribution in [2.75, 3.05) is 12.8 Å². The Kier molecular flexibility index (Phi) is 4.06. The minimum absolute atomic E-state index is 0.000116. The van der Waals surface area contributed by atoms with Crippen LogP contribution >= 0.6 is 11.6 Å². The Balaban J connectivity index is 2.90. The first-order valence-electron chi connectivity index (χ1n) is 6.67. The van der Waals surface area contributed by atoms with Crippen LogP contribution in [-0.4, -0.2) is 22.6 Å². The van der Waals surface area contributed by atoms with Gasteiger partial charge in [0.25, 0.3) is 5.56 Å². The summed E-state index contributed by atoms with van der Waals surface area (Å²) in [6.07, 6.45) is -0.733. The zero-order valence-electron chi connectivity index (χ0n) is 12.9. The van der Waals surface area contributed by atoms with Gasteiger partial charge in [0.2, 0.25) is 0 Å². The molecule has 2 N–H and O–H groups in total. The lowest BCUT2D eigenvalue weighted by molar-refractivity contribution is 0.156. The van der Waals surface area contributed by atoms with Crippen molar-refractivity contribution >= 4 is 23.5 Å². The quantitative estimate of drug-likeness (QED) is 0.875. The van der Waals surface area contributed by atoms with E-state index in [0.29, 0.717) is 10.6 Å². The first-order valence-corrected chi connectivity index (χ1v) is 7.05. The van der Waals surface area contributed by atoms with E-state index in [0.717, 1.165) is 4.68 Å². The fourth-order valence-corrected chi connectivity index (χ4v) is 2.54. The maximum absolute atomic E-state index is 12.8. The molecule has 0 atom stereocenters. The van der Waals surface area contributed by atoms with E-state index in [2.05, 4.69) is 0 Å². The largest absolute Gasteiger partial charge is 0.451 e. The number of carbonyl (C=O) groups is 1. The number of carbonyl (C=O) groups excluding carboxylic acids is 1. The maximum Gasteiger partial charge on any atom is 0.434 e. The topological polar surface area (TPSA) is 79.2 Å². The first kappa shape index (κ1) is 16.2. The molecule has 0 amide bonds. The number of anilines is 1. The number of ether oxygens (including phenoxy) is 1. The van der Waals surface area contributed by atoms with E-state index in [-0.39, 0.29) is 11.4 Å². The third-order valence-electron chi connectivity index (χ3n) is 3.22. The predicted molar refractivity (Wildman–Crippen MR) is 86.3 cm³/mol. The van der Waals surface area contributed by atoms with Crippen LogP contribution in [0.5, 0.6) is 0 Å². The number of nitrogen functional groups attached to an aromatic ring is 1. The molecule has 2 rings (SSSR count). The normalized spacial score (nSPS) is 11.5. The Labute approximate surface area is 133 Å². The molecule has 6 nitrogen and oxygen atoms in total. The maximum atomic E-state index is 12.8. The van der Waals surface area contributed by atoms with Crippen molar-refractivity contribution in [2.45, 2.75) is 26.3 Å². The predicted octanol–water partition coefficient (Wildman–Crippen LogP) is 2.92. The third-order valence-corrected chi connectivity index (χ3v) is 3.55. The number of methoxy groups -OCH3 is 1. The molecule has 7 heteroatoms. The summed E-state index contributed by atoms with van der Waals surface area (Å²) in [5.74, 6) is -0.000116. The molecule has 0 unspecified atom stereocenters. The van der Waals surface area contributed by atoms with Crippen LogP contribution in [0.15, 0.2) is 29.1 Å². The van der Waals surface area contributed by atoms with E-state index in [4.69, 9.17) is 22.1 Å². The van der Waals surface area contributed by atoms with Crippen LogP contribution in [0.1, 0.15) is 20.8 Å². The molecule has 0 aliphatic heterocycles. The van der Waals surface area contributed by atoms with Crippen molar-refractivity contribution < 1.29 is 9.53 Å². The number of hydrogen-bond donors (Lipinski definition) is 1. The highest BCUT2D eigenvalue weighted by Crippen LogP contribution is 2.31. The second kappa shape index (κ2) is 5.53. The van der Waals surface area contributed by atoms with Crippen molar-refractivity contribution in [3.63, 3.8) is 0 Å². The second-order valence-electron chi connectivity index (χ2n) is 5.81. The zero-order chi connectivity index (χ0) is 16.7. The average molecular weight is 324 g/mol. The van der Waals surface area contributed by atoms with Gasteiger partial charge in [-0.3, -0.25) is 4.79 Å². The zero-order valence-corrected chi connectivity index (χ0v) is 13.6. The molecule has 2 aromatic rings. The molecule has 1 aromatic heterocycles. The molecular formula is C15H18ClN3O3. The van der Waals surface area contributed by atoms with Gasteiger partial charge in [-0.15, -0.1) is 0 Å². The van der Waals surface area contributed by atoms with Crippen molar-refractivity contribution in [3.05, 3.63) is 39.6 Å². The minimum atomic E-state index is -0.733. The van der Waals surface area contributed by atoms with Crippen LogP contribution in [-0.2, 0) is 10.3 Å². The van der Waals surface area contributed by atoms with Gasteiger partial charge in [0, 0.05) is 10.6 Å². The Morgan fingerprint density at radius 1 is 1.27 bits per heavy atom. The van der Waals surface area contributed by atoms with Crippen molar-refractivity contribution in [1.29, 1.82) is 0 Å². The molecule has 0 saturated carbocycles. The molecular weight excluding hydrogens is 306 g/mol. The standard InChI is InChI=1S/C15H18ClN3O3/c1-15(2,3)19-13(20)11(9-7-5-6-8-10(9)16)12(17)18(19)14(21)22-4/h5-8H,17H2,1-4H3. The Morgan fingerprint density at radius 3 is 2.36 bits per heavy atom. The fraction of sp³-hybridized carbons (Fsp3) is 0.333. The third kappa shape index (κ3) is 2.50. The highest BCUT2D eigenvalue weighted by molar-refractivity contribution is 6.33. The molecule has 0 spiro atoms. The number of hydrogen-bond acceptors (Lipinski definition) is 4.